The summed E-state index contributed by atoms with van der Waals surface area (Å²) in [5, 5.41) is 48.3. The van der Waals surface area contributed by atoms with Crippen LogP contribution in [0.3, 0.4) is 0 Å². The van der Waals surface area contributed by atoms with E-state index in [2.05, 4.69) is 397 Å². The summed E-state index contributed by atoms with van der Waals surface area (Å²) in [5.74, 6) is 0. The highest BCUT2D eigenvalue weighted by Crippen LogP contribution is 2.49. The van der Waals surface area contributed by atoms with E-state index in [1.807, 2.05) is 60.7 Å². The molecule has 0 saturated heterocycles. The topological polar surface area (TPSA) is 127 Å². The van der Waals surface area contributed by atoms with Crippen LogP contribution in [0.4, 0.5) is 0 Å². The Morgan fingerprint density at radius 1 is 0.172 bits per heavy atom. The summed E-state index contributed by atoms with van der Waals surface area (Å²) in [5.41, 5.74) is 32.7. The Hall–Kier alpha value is -18.7. The maximum absolute atomic E-state index is 10.1. The highest BCUT2D eigenvalue weighted by atomic mass is 16.3. The van der Waals surface area contributed by atoms with E-state index in [1.165, 1.54) is 65.0 Å². The van der Waals surface area contributed by atoms with E-state index in [9.17, 15) is 15.8 Å². The van der Waals surface area contributed by atoms with Gasteiger partial charge in [0.15, 0.2) is 0 Å². The van der Waals surface area contributed by atoms with E-state index in [-0.39, 0.29) is 0 Å². The maximum Gasteiger partial charge on any atom is 0.137 e. The standard InChI is InChI=1S/C62H35N5O.C61H36N4O/c63-36-40-13-12-14-41(37-64)60(40)39-27-25-38(26-28-39)42-31-44(33-45(32-42)66-53-21-8-5-18-47(53)51-34-52-48-19-7-11-24-58(48)68-59(52)35-57(51)66)65-55-23-10-6-20-50(55)61-56(65)30-29-49-46-17-4-9-22-54(46)67(62(49)61)43-15-2-1-3-16-43;62-37-38-22-24-39(25-23-38)40-26-28-41(29-27-40)42-32-44(34-45(33-42)64-53-18-8-5-15-47(53)51-35-52-48-16-7-11-21-58(48)66-59(52)36-57(51)64)63-55-20-10-6-17-50(55)60-56(63)31-30-49-46-14-4-9-19-54(46)65(61(49)60)43-12-2-1-3-13-43/h1-35H;1-36H. The molecule has 8 heterocycles. The van der Waals surface area contributed by atoms with Gasteiger partial charge in [0.1, 0.15) is 22.3 Å². The van der Waals surface area contributed by atoms with E-state index >= 15 is 0 Å². The minimum atomic E-state index is 0.470. The summed E-state index contributed by atoms with van der Waals surface area (Å²) in [6.07, 6.45) is 0. The SMILES string of the molecule is N#Cc1ccc(-c2ccc(-c3cc(-n4c5ccccc5c5cc6c(cc54)oc4ccccc46)cc(-n4c5ccccc5c5c4ccc4c6ccccc6n(-c6ccccc6)c45)c3)cc2)cc1.N#Cc1cccc(C#N)c1-c1ccc(-c2cc(-n3c4ccccc4c4cc5c(cc43)oc3ccccc35)cc(-n3c4ccccc4c4c3ccc3c5ccccc5n(-c5ccccc5)c34)c2)cc1. The molecule has 620 valence electrons. The molecule has 0 spiro atoms. The summed E-state index contributed by atoms with van der Waals surface area (Å²) in [6, 6.07) is 160. The van der Waals surface area contributed by atoms with Crippen molar-refractivity contribution in [3.8, 4) is 96.8 Å². The Balaban J connectivity index is 0.000000137. The van der Waals surface area contributed by atoms with Crippen molar-refractivity contribution < 1.29 is 8.83 Å². The molecule has 0 amide bonds. The number of para-hydroxylation sites is 10. The first-order valence-electron chi connectivity index (χ1n) is 45.0. The molecule has 20 aromatic carbocycles. The van der Waals surface area contributed by atoms with Crippen molar-refractivity contribution in [3.63, 3.8) is 0 Å². The lowest BCUT2D eigenvalue weighted by molar-refractivity contribution is 0.669. The second-order valence-corrected chi connectivity index (χ2v) is 34.7. The zero-order valence-electron chi connectivity index (χ0n) is 71.8. The van der Waals surface area contributed by atoms with Gasteiger partial charge in [-0.3, -0.25) is 0 Å². The third-order valence-corrected chi connectivity index (χ3v) is 27.5. The van der Waals surface area contributed by atoms with Crippen LogP contribution in [0.5, 0.6) is 0 Å². The normalized spacial score (nSPS) is 11.9. The molecule has 0 bridgehead atoms. The second kappa shape index (κ2) is 29.7. The minimum absolute atomic E-state index is 0.470. The number of fused-ring (bicyclic) bond motifs is 26. The van der Waals surface area contributed by atoms with Gasteiger partial charge in [-0.15, -0.1) is 0 Å². The number of furan rings is 2. The van der Waals surface area contributed by atoms with Crippen LogP contribution in [-0.4, -0.2) is 27.4 Å². The lowest BCUT2D eigenvalue weighted by Crippen LogP contribution is -2.00. The molecule has 0 atom stereocenters. The van der Waals surface area contributed by atoms with Gasteiger partial charge in [-0.05, 0) is 197 Å². The fourth-order valence-corrected chi connectivity index (χ4v) is 21.7. The molecule has 0 N–H and O–H groups in total. The van der Waals surface area contributed by atoms with Gasteiger partial charge in [-0.1, -0.05) is 261 Å². The Bertz CT molecular complexity index is 9950. The van der Waals surface area contributed by atoms with Crippen molar-refractivity contribution in [2.75, 3.05) is 0 Å². The Morgan fingerprint density at radius 2 is 0.485 bits per heavy atom. The molecule has 134 heavy (non-hydrogen) atoms. The molecular weight excluding hydrogens is 1640 g/mol. The van der Waals surface area contributed by atoms with Gasteiger partial charge in [0, 0.05) is 138 Å². The molecule has 0 radical (unpaired) electrons. The van der Waals surface area contributed by atoms with Crippen molar-refractivity contribution in [3.05, 3.63) is 447 Å². The average Bonchev–Trinajstić information content (AvgIpc) is 1.56. The highest BCUT2D eigenvalue weighted by Gasteiger charge is 2.28. The highest BCUT2D eigenvalue weighted by molar-refractivity contribution is 6.29. The molecule has 8 aromatic heterocycles. The van der Waals surface area contributed by atoms with Gasteiger partial charge >= 0.3 is 0 Å². The number of hydrogen-bond acceptors (Lipinski definition) is 5. The number of nitriles is 3. The van der Waals surface area contributed by atoms with Gasteiger partial charge in [-0.2, -0.15) is 15.8 Å². The van der Waals surface area contributed by atoms with Crippen LogP contribution in [0, 0.1) is 34.0 Å². The van der Waals surface area contributed by atoms with Crippen LogP contribution in [-0.2, 0) is 0 Å². The molecule has 11 heteroatoms. The summed E-state index contributed by atoms with van der Waals surface area (Å²) in [6.45, 7) is 0. The first-order valence-corrected chi connectivity index (χ1v) is 45.0. The third kappa shape index (κ3) is 11.4. The molecule has 0 fully saturated rings. The quantitative estimate of drug-likeness (QED) is 0.135. The lowest BCUT2D eigenvalue weighted by Gasteiger charge is -2.16. The van der Waals surface area contributed by atoms with Crippen molar-refractivity contribution >= 4 is 175 Å². The summed E-state index contributed by atoms with van der Waals surface area (Å²) in [4.78, 5) is 0. The first-order chi connectivity index (χ1) is 66.3. The van der Waals surface area contributed by atoms with Crippen LogP contribution in [0.2, 0.25) is 0 Å². The van der Waals surface area contributed by atoms with Crippen LogP contribution in [0.25, 0.3) is 253 Å². The minimum Gasteiger partial charge on any atom is -0.456 e. The number of hydrogen-bond donors (Lipinski definition) is 0. The van der Waals surface area contributed by atoms with Crippen LogP contribution >= 0.6 is 0 Å². The predicted octanol–water partition coefficient (Wildman–Crippen LogP) is 32.0. The predicted molar refractivity (Wildman–Crippen MR) is 549 cm³/mol. The monoisotopic (exact) mass is 1710 g/mol. The van der Waals surface area contributed by atoms with E-state index < -0.39 is 0 Å². The molecule has 11 nitrogen and oxygen atoms in total. The van der Waals surface area contributed by atoms with Crippen LogP contribution in [0.1, 0.15) is 16.7 Å². The van der Waals surface area contributed by atoms with Crippen molar-refractivity contribution in [1.82, 2.24) is 27.4 Å². The molecule has 28 aromatic rings. The largest absolute Gasteiger partial charge is 0.456 e. The number of nitrogens with zero attached hydrogens (tertiary/aromatic N) is 9. The summed E-state index contributed by atoms with van der Waals surface area (Å²) in [7, 11) is 0. The van der Waals surface area contributed by atoms with E-state index in [0.717, 1.165) is 183 Å². The third-order valence-electron chi connectivity index (χ3n) is 27.5. The molecule has 0 aliphatic rings. The first kappa shape index (κ1) is 75.4. The summed E-state index contributed by atoms with van der Waals surface area (Å²) < 4.78 is 27.6. The fraction of sp³-hybridized carbons (Fsp3) is 0. The zero-order chi connectivity index (χ0) is 88.5. The maximum atomic E-state index is 10.1. The second-order valence-electron chi connectivity index (χ2n) is 34.7. The van der Waals surface area contributed by atoms with E-state index in [0.29, 0.717) is 22.3 Å². The number of rotatable bonds is 10. The average molecular weight is 1710 g/mol. The molecule has 0 aliphatic heterocycles. The van der Waals surface area contributed by atoms with E-state index in [1.54, 1.807) is 18.2 Å². The van der Waals surface area contributed by atoms with Crippen LogP contribution in [0.15, 0.2) is 440 Å². The zero-order valence-corrected chi connectivity index (χ0v) is 71.8. The molecule has 0 aliphatic carbocycles. The van der Waals surface area contributed by atoms with Crippen molar-refractivity contribution in [1.29, 1.82) is 15.8 Å². The fourth-order valence-electron chi connectivity index (χ4n) is 21.7. The van der Waals surface area contributed by atoms with Gasteiger partial charge in [0.05, 0.1) is 101 Å². The van der Waals surface area contributed by atoms with Crippen molar-refractivity contribution in [2.45, 2.75) is 0 Å². The number of aromatic nitrogens is 6. The van der Waals surface area contributed by atoms with Gasteiger partial charge < -0.3 is 36.2 Å². The van der Waals surface area contributed by atoms with Gasteiger partial charge in [0.25, 0.3) is 0 Å². The summed E-state index contributed by atoms with van der Waals surface area (Å²) >= 11 is 0. The number of benzene rings is 20. The van der Waals surface area contributed by atoms with E-state index in [4.69, 9.17) is 8.83 Å². The van der Waals surface area contributed by atoms with Crippen LogP contribution < -0.4 is 0 Å². The molecule has 0 unspecified atom stereocenters. The Morgan fingerprint density at radius 3 is 0.873 bits per heavy atom. The van der Waals surface area contributed by atoms with Gasteiger partial charge in [0.2, 0.25) is 0 Å². The lowest BCUT2D eigenvalue weighted by atomic mass is 9.93. The molecule has 0 saturated carbocycles. The Kier molecular flexibility index (Phi) is 16.7. The molecular formula is C123H71N9O2. The molecule has 28 rings (SSSR count). The smallest absolute Gasteiger partial charge is 0.137 e. The van der Waals surface area contributed by atoms with Gasteiger partial charge in [-0.25, -0.2) is 0 Å². The Labute approximate surface area is 765 Å². The van der Waals surface area contributed by atoms with Crippen molar-refractivity contribution in [2.24, 2.45) is 0 Å².